The van der Waals surface area contributed by atoms with Crippen LogP contribution in [-0.2, 0) is 9.53 Å². The molecule has 1 unspecified atom stereocenters. The third-order valence-electron chi connectivity index (χ3n) is 4.90. The topological polar surface area (TPSA) is 90.2 Å². The standard InChI is InChI=1S/C15H29NO5/c1-6-15(8-17,9-18)10-21-12(19)11-7-13(2,3)16(20)14(11,4)5/h11,17-18,20H,6-10H2,1-5H3. The Balaban J connectivity index is 2.77. The van der Waals surface area contributed by atoms with E-state index >= 15 is 0 Å². The molecule has 6 heteroatoms. The van der Waals surface area contributed by atoms with E-state index in [9.17, 15) is 20.2 Å². The second-order valence-electron chi connectivity index (χ2n) is 7.31. The van der Waals surface area contributed by atoms with Crippen molar-refractivity contribution in [1.29, 1.82) is 0 Å². The maximum absolute atomic E-state index is 12.4. The third kappa shape index (κ3) is 3.39. The number of hydrogen-bond donors (Lipinski definition) is 3. The molecule has 0 radical (unpaired) electrons. The second-order valence-corrected chi connectivity index (χ2v) is 7.31. The molecule has 0 aromatic heterocycles. The number of carbonyl (C=O) groups is 1. The predicted molar refractivity (Wildman–Crippen MR) is 77.7 cm³/mol. The van der Waals surface area contributed by atoms with Crippen molar-refractivity contribution in [3.63, 3.8) is 0 Å². The van der Waals surface area contributed by atoms with Gasteiger partial charge in [-0.3, -0.25) is 4.79 Å². The van der Waals surface area contributed by atoms with Crippen LogP contribution in [0.3, 0.4) is 0 Å². The summed E-state index contributed by atoms with van der Waals surface area (Å²) < 4.78 is 5.34. The largest absolute Gasteiger partial charge is 0.465 e. The van der Waals surface area contributed by atoms with Gasteiger partial charge in [-0.15, -0.1) is 0 Å². The van der Waals surface area contributed by atoms with Gasteiger partial charge in [0, 0.05) is 5.54 Å². The Morgan fingerprint density at radius 1 is 1.29 bits per heavy atom. The molecule has 124 valence electrons. The predicted octanol–water partition coefficient (Wildman–Crippen LogP) is 1.18. The van der Waals surface area contributed by atoms with Gasteiger partial charge in [-0.2, -0.15) is 5.06 Å². The molecule has 0 aromatic rings. The molecule has 1 atom stereocenters. The molecular formula is C15H29NO5. The summed E-state index contributed by atoms with van der Waals surface area (Å²) in [5, 5.41) is 30.2. The molecule has 1 rings (SSSR count). The Morgan fingerprint density at radius 3 is 2.14 bits per heavy atom. The molecule has 0 aromatic carbocycles. The lowest BCUT2D eigenvalue weighted by molar-refractivity contribution is -0.200. The molecule has 0 aliphatic carbocycles. The van der Waals surface area contributed by atoms with Crippen LogP contribution >= 0.6 is 0 Å². The molecular weight excluding hydrogens is 274 g/mol. The minimum Gasteiger partial charge on any atom is -0.465 e. The molecule has 1 aliphatic heterocycles. The number of hydrogen-bond acceptors (Lipinski definition) is 6. The number of esters is 1. The fourth-order valence-corrected chi connectivity index (χ4v) is 2.93. The number of hydroxylamine groups is 2. The van der Waals surface area contributed by atoms with Crippen molar-refractivity contribution in [3.8, 4) is 0 Å². The van der Waals surface area contributed by atoms with E-state index in [-0.39, 0.29) is 19.8 Å². The average Bonchev–Trinajstić information content (AvgIpc) is 2.61. The van der Waals surface area contributed by atoms with Gasteiger partial charge < -0.3 is 20.2 Å². The van der Waals surface area contributed by atoms with Gasteiger partial charge in [-0.05, 0) is 40.5 Å². The molecule has 0 saturated carbocycles. The molecule has 0 bridgehead atoms. The van der Waals surface area contributed by atoms with Crippen LogP contribution in [0, 0.1) is 11.3 Å². The van der Waals surface area contributed by atoms with Crippen LogP contribution in [0.4, 0.5) is 0 Å². The van der Waals surface area contributed by atoms with Crippen molar-refractivity contribution < 1.29 is 25.0 Å². The van der Waals surface area contributed by atoms with Gasteiger partial charge in [0.15, 0.2) is 0 Å². The first-order valence-corrected chi connectivity index (χ1v) is 7.44. The summed E-state index contributed by atoms with van der Waals surface area (Å²) in [5.74, 6) is -0.853. The quantitative estimate of drug-likeness (QED) is 0.638. The number of rotatable bonds is 6. The molecule has 6 nitrogen and oxygen atoms in total. The molecule has 1 saturated heterocycles. The smallest absolute Gasteiger partial charge is 0.310 e. The van der Waals surface area contributed by atoms with Gasteiger partial charge in [0.2, 0.25) is 0 Å². The van der Waals surface area contributed by atoms with E-state index in [2.05, 4.69) is 0 Å². The summed E-state index contributed by atoms with van der Waals surface area (Å²) in [5.41, 5.74) is -2.01. The fourth-order valence-electron chi connectivity index (χ4n) is 2.93. The van der Waals surface area contributed by atoms with Crippen LogP contribution in [0.2, 0.25) is 0 Å². The Labute approximate surface area is 126 Å². The van der Waals surface area contributed by atoms with Crippen LogP contribution in [-0.4, -0.2) is 57.4 Å². The molecule has 0 amide bonds. The highest BCUT2D eigenvalue weighted by atomic mass is 16.5. The van der Waals surface area contributed by atoms with E-state index in [1.807, 2.05) is 20.8 Å². The first-order chi connectivity index (χ1) is 9.56. The van der Waals surface area contributed by atoms with Crippen LogP contribution in [0.25, 0.3) is 0 Å². The van der Waals surface area contributed by atoms with E-state index < -0.39 is 28.4 Å². The number of aliphatic hydroxyl groups excluding tert-OH is 2. The Hall–Kier alpha value is -0.690. The zero-order chi connectivity index (χ0) is 16.5. The van der Waals surface area contributed by atoms with Crippen molar-refractivity contribution in [2.45, 2.75) is 58.5 Å². The van der Waals surface area contributed by atoms with E-state index in [0.717, 1.165) is 0 Å². The highest BCUT2D eigenvalue weighted by molar-refractivity contribution is 5.74. The monoisotopic (exact) mass is 303 g/mol. The maximum atomic E-state index is 12.4. The fraction of sp³-hybridized carbons (Fsp3) is 0.933. The Morgan fingerprint density at radius 2 is 1.81 bits per heavy atom. The minimum atomic E-state index is -0.799. The van der Waals surface area contributed by atoms with Crippen molar-refractivity contribution in [1.82, 2.24) is 5.06 Å². The molecule has 0 spiro atoms. The Bertz CT molecular complexity index is 368. The Kier molecular flexibility index (Phi) is 5.42. The van der Waals surface area contributed by atoms with Gasteiger partial charge >= 0.3 is 5.97 Å². The van der Waals surface area contributed by atoms with Gasteiger partial charge in [-0.25, -0.2) is 0 Å². The number of nitrogens with zero attached hydrogens (tertiary/aromatic N) is 1. The van der Waals surface area contributed by atoms with Gasteiger partial charge in [0.25, 0.3) is 0 Å². The molecule has 1 aliphatic rings. The van der Waals surface area contributed by atoms with Crippen molar-refractivity contribution >= 4 is 5.97 Å². The number of aliphatic hydroxyl groups is 2. The maximum Gasteiger partial charge on any atom is 0.310 e. The summed E-state index contributed by atoms with van der Waals surface area (Å²) in [4.78, 5) is 12.4. The number of ether oxygens (including phenoxy) is 1. The van der Waals surface area contributed by atoms with Gasteiger partial charge in [-0.1, -0.05) is 6.92 Å². The van der Waals surface area contributed by atoms with Gasteiger partial charge in [0.1, 0.15) is 6.61 Å². The summed E-state index contributed by atoms with van der Waals surface area (Å²) in [7, 11) is 0. The second kappa shape index (κ2) is 6.20. The van der Waals surface area contributed by atoms with E-state index in [0.29, 0.717) is 12.8 Å². The van der Waals surface area contributed by atoms with E-state index in [1.165, 1.54) is 5.06 Å². The highest BCUT2D eigenvalue weighted by Gasteiger charge is 2.55. The number of carbonyl (C=O) groups excluding carboxylic acids is 1. The third-order valence-corrected chi connectivity index (χ3v) is 4.90. The molecule has 21 heavy (non-hydrogen) atoms. The molecule has 1 heterocycles. The normalized spacial score (nSPS) is 25.0. The zero-order valence-electron chi connectivity index (χ0n) is 13.7. The average molecular weight is 303 g/mol. The summed E-state index contributed by atoms with van der Waals surface area (Å²) in [6.45, 7) is 8.70. The SMILES string of the molecule is CCC(CO)(CO)COC(=O)C1CC(C)(C)N(O)C1(C)C. The van der Waals surface area contributed by atoms with Crippen molar-refractivity contribution in [3.05, 3.63) is 0 Å². The lowest BCUT2D eigenvalue weighted by atomic mass is 9.86. The summed E-state index contributed by atoms with van der Waals surface area (Å²) >= 11 is 0. The van der Waals surface area contributed by atoms with Crippen LogP contribution in [0.15, 0.2) is 0 Å². The van der Waals surface area contributed by atoms with Crippen molar-refractivity contribution in [2.24, 2.45) is 11.3 Å². The zero-order valence-corrected chi connectivity index (χ0v) is 13.7. The van der Waals surface area contributed by atoms with Crippen LogP contribution < -0.4 is 0 Å². The minimum absolute atomic E-state index is 0.0201. The van der Waals surface area contributed by atoms with Crippen molar-refractivity contribution in [2.75, 3.05) is 19.8 Å². The first kappa shape index (κ1) is 18.4. The molecule has 1 fully saturated rings. The first-order valence-electron chi connectivity index (χ1n) is 7.44. The lowest BCUT2D eigenvalue weighted by Gasteiger charge is -2.35. The highest BCUT2D eigenvalue weighted by Crippen LogP contribution is 2.44. The molecule has 3 N–H and O–H groups in total. The van der Waals surface area contributed by atoms with E-state index in [1.54, 1.807) is 13.8 Å². The summed E-state index contributed by atoms with van der Waals surface area (Å²) in [6.07, 6.45) is 1.01. The summed E-state index contributed by atoms with van der Waals surface area (Å²) in [6, 6.07) is 0. The van der Waals surface area contributed by atoms with E-state index in [4.69, 9.17) is 4.74 Å². The van der Waals surface area contributed by atoms with Gasteiger partial charge in [0.05, 0.1) is 30.1 Å². The van der Waals surface area contributed by atoms with Crippen LogP contribution in [0.5, 0.6) is 0 Å². The van der Waals surface area contributed by atoms with Crippen LogP contribution in [0.1, 0.15) is 47.5 Å². The lowest BCUT2D eigenvalue weighted by Crippen LogP contribution is -2.48.